The molecule has 0 unspecified atom stereocenters. The summed E-state index contributed by atoms with van der Waals surface area (Å²) in [5.41, 5.74) is 3.73. The van der Waals surface area contributed by atoms with E-state index in [9.17, 15) is 19.2 Å². The van der Waals surface area contributed by atoms with E-state index >= 15 is 0 Å². The van der Waals surface area contributed by atoms with Crippen LogP contribution in [0.3, 0.4) is 0 Å². The van der Waals surface area contributed by atoms with Crippen molar-refractivity contribution in [3.63, 3.8) is 0 Å². The third-order valence-corrected chi connectivity index (χ3v) is 7.72. The molecular weight excluding hydrogens is 516 g/mol. The van der Waals surface area contributed by atoms with Crippen molar-refractivity contribution >= 4 is 35.0 Å². The van der Waals surface area contributed by atoms with Crippen LogP contribution in [-0.4, -0.2) is 53.6 Å². The van der Waals surface area contributed by atoms with Gasteiger partial charge in [-0.3, -0.25) is 19.2 Å². The Hall–Kier alpha value is -4.46. The molecule has 1 aliphatic carbocycles. The average molecular weight is 553 g/mol. The number of nitrogens with one attached hydrogen (secondary N) is 2. The van der Waals surface area contributed by atoms with Gasteiger partial charge in [0, 0.05) is 55.5 Å². The molecule has 2 fully saturated rings. The summed E-state index contributed by atoms with van der Waals surface area (Å²) < 4.78 is 0. The zero-order chi connectivity index (χ0) is 28.8. The standard InChI is InChI=1S/C33H36N4O4/c1-36(22-24-5-3-2-4-6-24)32(40)26-11-15-28(16-12-26)34-30(38)21-23-7-13-29(14-8-23)35-31(39)25-17-19-37(20-18-25)33(41)27-9-10-27/h2-8,11-16,25,27H,9-10,17-22H2,1H3,(H,34,38)(H,35,39). The summed E-state index contributed by atoms with van der Waals surface area (Å²) >= 11 is 0. The lowest BCUT2D eigenvalue weighted by atomic mass is 9.95. The molecule has 8 heteroatoms. The Morgan fingerprint density at radius 2 is 1.34 bits per heavy atom. The minimum absolute atomic E-state index is 0.0257. The molecule has 4 amide bonds. The van der Waals surface area contributed by atoms with Gasteiger partial charge in [0.05, 0.1) is 6.42 Å². The molecule has 0 spiro atoms. The summed E-state index contributed by atoms with van der Waals surface area (Å²) in [5, 5.41) is 5.85. The van der Waals surface area contributed by atoms with E-state index in [2.05, 4.69) is 10.6 Å². The number of amides is 4. The molecule has 3 aromatic carbocycles. The van der Waals surface area contributed by atoms with Gasteiger partial charge < -0.3 is 20.4 Å². The molecule has 0 atom stereocenters. The topological polar surface area (TPSA) is 98.8 Å². The van der Waals surface area contributed by atoms with Crippen LogP contribution in [0.15, 0.2) is 78.9 Å². The fourth-order valence-electron chi connectivity index (χ4n) is 5.14. The molecular formula is C33H36N4O4. The number of likely N-dealkylation sites (tertiary alicyclic amines) is 1. The van der Waals surface area contributed by atoms with Crippen molar-refractivity contribution < 1.29 is 19.2 Å². The zero-order valence-corrected chi connectivity index (χ0v) is 23.3. The Bertz CT molecular complexity index is 1380. The van der Waals surface area contributed by atoms with Crippen LogP contribution in [0.5, 0.6) is 0 Å². The van der Waals surface area contributed by atoms with Crippen LogP contribution >= 0.6 is 0 Å². The number of carbonyl (C=O) groups is 4. The lowest BCUT2D eigenvalue weighted by Crippen LogP contribution is -2.42. The van der Waals surface area contributed by atoms with Gasteiger partial charge in [-0.25, -0.2) is 0 Å². The van der Waals surface area contributed by atoms with Crippen molar-refractivity contribution in [3.8, 4) is 0 Å². The molecule has 2 N–H and O–H groups in total. The van der Waals surface area contributed by atoms with E-state index < -0.39 is 0 Å². The second-order valence-electron chi connectivity index (χ2n) is 11.0. The van der Waals surface area contributed by atoms with Gasteiger partial charge in [0.1, 0.15) is 0 Å². The summed E-state index contributed by atoms with van der Waals surface area (Å²) in [4.78, 5) is 53.9. The maximum atomic E-state index is 12.8. The second kappa shape index (κ2) is 12.8. The number of anilines is 2. The van der Waals surface area contributed by atoms with Crippen molar-refractivity contribution in [2.45, 2.75) is 38.6 Å². The van der Waals surface area contributed by atoms with Crippen molar-refractivity contribution in [2.75, 3.05) is 30.8 Å². The fourth-order valence-corrected chi connectivity index (χ4v) is 5.14. The predicted molar refractivity (Wildman–Crippen MR) is 158 cm³/mol. The number of hydrogen-bond donors (Lipinski definition) is 2. The largest absolute Gasteiger partial charge is 0.342 e. The maximum Gasteiger partial charge on any atom is 0.253 e. The first-order chi connectivity index (χ1) is 19.9. The molecule has 8 nitrogen and oxygen atoms in total. The molecule has 1 aliphatic heterocycles. The number of carbonyl (C=O) groups excluding carboxylic acids is 4. The Labute approximate surface area is 240 Å². The lowest BCUT2D eigenvalue weighted by Gasteiger charge is -2.31. The quantitative estimate of drug-likeness (QED) is 0.401. The van der Waals surface area contributed by atoms with Crippen LogP contribution in [0.2, 0.25) is 0 Å². The zero-order valence-electron chi connectivity index (χ0n) is 23.3. The summed E-state index contributed by atoms with van der Waals surface area (Å²) in [6, 6.07) is 24.0. The van der Waals surface area contributed by atoms with Crippen molar-refractivity contribution in [2.24, 2.45) is 11.8 Å². The van der Waals surface area contributed by atoms with Gasteiger partial charge in [-0.15, -0.1) is 0 Å². The van der Waals surface area contributed by atoms with Gasteiger partial charge in [-0.1, -0.05) is 42.5 Å². The Morgan fingerprint density at radius 3 is 1.98 bits per heavy atom. The van der Waals surface area contributed by atoms with Crippen molar-refractivity contribution in [1.29, 1.82) is 0 Å². The van der Waals surface area contributed by atoms with Crippen molar-refractivity contribution in [3.05, 3.63) is 95.6 Å². The van der Waals surface area contributed by atoms with Gasteiger partial charge >= 0.3 is 0 Å². The predicted octanol–water partition coefficient (Wildman–Crippen LogP) is 4.73. The van der Waals surface area contributed by atoms with Gasteiger partial charge in [0.15, 0.2) is 0 Å². The first kappa shape index (κ1) is 28.1. The minimum atomic E-state index is -0.172. The van der Waals surface area contributed by atoms with Crippen molar-refractivity contribution in [1.82, 2.24) is 9.80 Å². The van der Waals surface area contributed by atoms with E-state index in [1.807, 2.05) is 47.4 Å². The van der Waals surface area contributed by atoms with Gasteiger partial charge in [0.25, 0.3) is 5.91 Å². The number of rotatable bonds is 9. The first-order valence-electron chi connectivity index (χ1n) is 14.2. The Kier molecular flexibility index (Phi) is 8.77. The van der Waals surface area contributed by atoms with E-state index in [4.69, 9.17) is 0 Å². The Morgan fingerprint density at radius 1 is 0.732 bits per heavy atom. The number of hydrogen-bond acceptors (Lipinski definition) is 4. The summed E-state index contributed by atoms with van der Waals surface area (Å²) in [6.45, 7) is 1.81. The van der Waals surface area contributed by atoms with Crippen LogP contribution in [0.25, 0.3) is 0 Å². The van der Waals surface area contributed by atoms with E-state index in [1.54, 1.807) is 48.3 Å². The van der Waals surface area contributed by atoms with E-state index in [1.165, 1.54) is 0 Å². The van der Waals surface area contributed by atoms with Crippen LogP contribution in [0.1, 0.15) is 47.2 Å². The fraction of sp³-hybridized carbons (Fsp3) is 0.333. The number of nitrogens with zero attached hydrogens (tertiary/aromatic N) is 2. The molecule has 0 aromatic heterocycles. The molecule has 0 radical (unpaired) electrons. The molecule has 1 saturated carbocycles. The SMILES string of the molecule is CN(Cc1ccccc1)C(=O)c1ccc(NC(=O)Cc2ccc(NC(=O)C3CCN(C(=O)C4CC4)CC3)cc2)cc1. The smallest absolute Gasteiger partial charge is 0.253 e. The van der Waals surface area contributed by atoms with Crippen LogP contribution in [0, 0.1) is 11.8 Å². The molecule has 41 heavy (non-hydrogen) atoms. The number of piperidine rings is 1. The molecule has 2 aliphatic rings. The monoisotopic (exact) mass is 552 g/mol. The molecule has 3 aromatic rings. The van der Waals surface area contributed by atoms with Crippen LogP contribution in [0.4, 0.5) is 11.4 Å². The van der Waals surface area contributed by atoms with E-state index in [0.29, 0.717) is 49.4 Å². The molecule has 0 bridgehead atoms. The highest BCUT2D eigenvalue weighted by molar-refractivity contribution is 5.96. The van der Waals surface area contributed by atoms with Gasteiger partial charge in [-0.2, -0.15) is 0 Å². The highest BCUT2D eigenvalue weighted by atomic mass is 16.2. The summed E-state index contributed by atoms with van der Waals surface area (Å²) in [7, 11) is 1.77. The third kappa shape index (κ3) is 7.60. The highest BCUT2D eigenvalue weighted by Crippen LogP contribution is 2.32. The minimum Gasteiger partial charge on any atom is -0.342 e. The van der Waals surface area contributed by atoms with Crippen LogP contribution < -0.4 is 10.6 Å². The van der Waals surface area contributed by atoms with Gasteiger partial charge in [0.2, 0.25) is 17.7 Å². The Balaban J connectivity index is 1.06. The summed E-state index contributed by atoms with van der Waals surface area (Å²) in [5.74, 6) is 0.0762. The normalized spacial score (nSPS) is 15.2. The molecule has 5 rings (SSSR count). The molecule has 1 saturated heterocycles. The van der Waals surface area contributed by atoms with Gasteiger partial charge in [-0.05, 0) is 73.2 Å². The summed E-state index contributed by atoms with van der Waals surface area (Å²) in [6.07, 6.45) is 3.55. The highest BCUT2D eigenvalue weighted by Gasteiger charge is 2.36. The average Bonchev–Trinajstić information content (AvgIpc) is 3.84. The molecule has 1 heterocycles. The first-order valence-corrected chi connectivity index (χ1v) is 14.2. The maximum absolute atomic E-state index is 12.8. The third-order valence-electron chi connectivity index (χ3n) is 7.72. The lowest BCUT2D eigenvalue weighted by molar-refractivity contribution is -0.135. The van der Waals surface area contributed by atoms with E-state index in [-0.39, 0.29) is 41.9 Å². The second-order valence-corrected chi connectivity index (χ2v) is 11.0. The van der Waals surface area contributed by atoms with E-state index in [0.717, 1.165) is 24.0 Å². The number of benzene rings is 3. The molecule has 212 valence electrons. The van der Waals surface area contributed by atoms with Crippen LogP contribution in [-0.2, 0) is 27.3 Å².